The second kappa shape index (κ2) is 6.93. The predicted molar refractivity (Wildman–Crippen MR) is 98.2 cm³/mol. The van der Waals surface area contributed by atoms with Crippen LogP contribution in [0.1, 0.15) is 20.7 Å². The van der Waals surface area contributed by atoms with Crippen molar-refractivity contribution in [2.75, 3.05) is 5.32 Å². The van der Waals surface area contributed by atoms with Gasteiger partial charge < -0.3 is 10.4 Å². The Morgan fingerprint density at radius 3 is 2.43 bits per heavy atom. The van der Waals surface area contributed by atoms with Gasteiger partial charge in [-0.25, -0.2) is 4.79 Å². The fourth-order valence-electron chi connectivity index (χ4n) is 1.63. The summed E-state index contributed by atoms with van der Waals surface area (Å²) in [5.74, 6) is -1.50. The van der Waals surface area contributed by atoms with E-state index in [0.29, 0.717) is 10.6 Å². The van der Waals surface area contributed by atoms with Gasteiger partial charge in [0.25, 0.3) is 5.91 Å². The average molecular weight is 527 g/mol. The largest absolute Gasteiger partial charge is 0.478 e. The highest BCUT2D eigenvalue weighted by atomic mass is 127. The summed E-state index contributed by atoms with van der Waals surface area (Å²) in [4.78, 5) is 23.4. The van der Waals surface area contributed by atoms with E-state index in [0.717, 1.165) is 7.14 Å². The highest BCUT2D eigenvalue weighted by molar-refractivity contribution is 14.1. The molecule has 0 heterocycles. The quantitative estimate of drug-likeness (QED) is 0.578. The molecule has 0 fully saturated rings. The van der Waals surface area contributed by atoms with E-state index in [9.17, 15) is 14.7 Å². The first-order valence-corrected chi connectivity index (χ1v) is 8.21. The van der Waals surface area contributed by atoms with E-state index < -0.39 is 11.9 Å². The third-order valence-electron chi connectivity index (χ3n) is 2.64. The molecule has 0 atom stereocenters. The number of carbonyl (C=O) groups excluding carboxylic acids is 1. The topological polar surface area (TPSA) is 66.4 Å². The van der Waals surface area contributed by atoms with Gasteiger partial charge in [-0.05, 0) is 81.6 Å². The number of amides is 1. The maximum atomic E-state index is 12.2. The Labute approximate surface area is 153 Å². The number of hydrogen-bond acceptors (Lipinski definition) is 2. The van der Waals surface area contributed by atoms with Crippen LogP contribution in [-0.4, -0.2) is 17.0 Å². The van der Waals surface area contributed by atoms with Crippen LogP contribution in [0, 0.1) is 7.14 Å². The highest BCUT2D eigenvalue weighted by Crippen LogP contribution is 2.22. The minimum absolute atomic E-state index is 0.0480. The number of carboxylic acid groups (broad SMARTS) is 1. The Balaban J connectivity index is 2.31. The Morgan fingerprint density at radius 2 is 1.81 bits per heavy atom. The summed E-state index contributed by atoms with van der Waals surface area (Å²) < 4.78 is 1.62. The average Bonchev–Trinajstić information content (AvgIpc) is 2.43. The van der Waals surface area contributed by atoms with Gasteiger partial charge in [-0.2, -0.15) is 0 Å². The molecule has 0 aromatic heterocycles. The lowest BCUT2D eigenvalue weighted by Gasteiger charge is -2.09. The number of rotatable bonds is 3. The lowest BCUT2D eigenvalue weighted by Crippen LogP contribution is -2.15. The van der Waals surface area contributed by atoms with Crippen molar-refractivity contribution < 1.29 is 14.7 Å². The third-order valence-corrected chi connectivity index (χ3v) is 4.89. The van der Waals surface area contributed by atoms with Crippen LogP contribution in [0.2, 0.25) is 5.02 Å². The second-order valence-corrected chi connectivity index (χ2v) is 6.89. The van der Waals surface area contributed by atoms with E-state index in [4.69, 9.17) is 11.6 Å². The molecule has 0 saturated carbocycles. The molecule has 0 spiro atoms. The third kappa shape index (κ3) is 4.07. The summed E-state index contributed by atoms with van der Waals surface area (Å²) >= 11 is 10.1. The Morgan fingerprint density at radius 1 is 1.10 bits per heavy atom. The highest BCUT2D eigenvalue weighted by Gasteiger charge is 2.14. The maximum absolute atomic E-state index is 12.2. The van der Waals surface area contributed by atoms with Crippen LogP contribution in [0.5, 0.6) is 0 Å². The van der Waals surface area contributed by atoms with Gasteiger partial charge in [0.15, 0.2) is 0 Å². The molecule has 0 saturated heterocycles. The lowest BCUT2D eigenvalue weighted by atomic mass is 10.1. The zero-order valence-electron chi connectivity index (χ0n) is 10.4. The first kappa shape index (κ1) is 16.5. The molecule has 21 heavy (non-hydrogen) atoms. The SMILES string of the molecule is O=C(Nc1ccc(I)cc1C(=O)O)c1ccc(I)c(Cl)c1. The van der Waals surface area contributed by atoms with E-state index in [-0.39, 0.29) is 11.3 Å². The Bertz CT molecular complexity index is 734. The van der Waals surface area contributed by atoms with Crippen molar-refractivity contribution in [3.63, 3.8) is 0 Å². The number of aromatic carboxylic acids is 1. The van der Waals surface area contributed by atoms with Gasteiger partial charge in [0.2, 0.25) is 0 Å². The van der Waals surface area contributed by atoms with Crippen molar-refractivity contribution in [3.8, 4) is 0 Å². The van der Waals surface area contributed by atoms with Gasteiger partial charge >= 0.3 is 5.97 Å². The van der Waals surface area contributed by atoms with E-state index in [1.807, 2.05) is 22.6 Å². The molecular formula is C14H8ClI2NO3. The number of nitrogens with one attached hydrogen (secondary N) is 1. The van der Waals surface area contributed by atoms with Gasteiger partial charge in [-0.3, -0.25) is 4.79 Å². The second-order valence-electron chi connectivity index (χ2n) is 4.08. The van der Waals surface area contributed by atoms with E-state index in [1.165, 1.54) is 6.07 Å². The molecule has 2 N–H and O–H groups in total. The summed E-state index contributed by atoms with van der Waals surface area (Å²) in [6.07, 6.45) is 0. The van der Waals surface area contributed by atoms with Crippen LogP contribution in [0.15, 0.2) is 36.4 Å². The molecular weight excluding hydrogens is 519 g/mol. The molecule has 1 amide bonds. The molecule has 0 aliphatic carbocycles. The van der Waals surface area contributed by atoms with E-state index in [2.05, 4.69) is 27.9 Å². The van der Waals surface area contributed by atoms with Crippen LogP contribution < -0.4 is 5.32 Å². The molecule has 7 heteroatoms. The molecule has 2 aromatic rings. The van der Waals surface area contributed by atoms with Crippen molar-refractivity contribution in [1.29, 1.82) is 0 Å². The van der Waals surface area contributed by atoms with E-state index in [1.54, 1.807) is 30.3 Å². The smallest absolute Gasteiger partial charge is 0.337 e. The first-order valence-electron chi connectivity index (χ1n) is 5.67. The fraction of sp³-hybridized carbons (Fsp3) is 0. The van der Waals surface area contributed by atoms with Gasteiger partial charge in [0.05, 0.1) is 16.3 Å². The van der Waals surface area contributed by atoms with E-state index >= 15 is 0 Å². The van der Waals surface area contributed by atoms with Crippen molar-refractivity contribution in [3.05, 3.63) is 59.7 Å². The number of halogens is 3. The number of hydrogen-bond donors (Lipinski definition) is 2. The van der Waals surface area contributed by atoms with Gasteiger partial charge in [-0.1, -0.05) is 11.6 Å². The molecule has 0 aliphatic heterocycles. The van der Waals surface area contributed by atoms with Gasteiger partial charge in [-0.15, -0.1) is 0 Å². The molecule has 0 unspecified atom stereocenters. The van der Waals surface area contributed by atoms with Gasteiger partial charge in [0.1, 0.15) is 0 Å². The predicted octanol–water partition coefficient (Wildman–Crippen LogP) is 4.50. The molecule has 2 rings (SSSR count). The summed E-state index contributed by atoms with van der Waals surface area (Å²) in [6, 6.07) is 9.70. The zero-order valence-corrected chi connectivity index (χ0v) is 15.4. The summed E-state index contributed by atoms with van der Waals surface area (Å²) in [5, 5.41) is 12.3. The maximum Gasteiger partial charge on any atom is 0.337 e. The Hall–Kier alpha value is -0.870. The summed E-state index contributed by atoms with van der Waals surface area (Å²) in [7, 11) is 0. The number of anilines is 1. The van der Waals surface area contributed by atoms with Crippen molar-refractivity contribution >= 4 is 74.3 Å². The molecule has 0 aliphatic rings. The molecule has 108 valence electrons. The minimum Gasteiger partial charge on any atom is -0.478 e. The van der Waals surface area contributed by atoms with Crippen LogP contribution in [0.3, 0.4) is 0 Å². The van der Waals surface area contributed by atoms with Crippen molar-refractivity contribution in [2.45, 2.75) is 0 Å². The Kier molecular flexibility index (Phi) is 5.44. The summed E-state index contributed by atoms with van der Waals surface area (Å²) in [5.41, 5.74) is 0.671. The lowest BCUT2D eigenvalue weighted by molar-refractivity contribution is 0.0698. The zero-order chi connectivity index (χ0) is 15.6. The molecule has 4 nitrogen and oxygen atoms in total. The van der Waals surface area contributed by atoms with Crippen LogP contribution in [0.4, 0.5) is 5.69 Å². The van der Waals surface area contributed by atoms with Gasteiger partial charge in [0, 0.05) is 12.7 Å². The van der Waals surface area contributed by atoms with Crippen molar-refractivity contribution in [1.82, 2.24) is 0 Å². The van der Waals surface area contributed by atoms with Crippen LogP contribution >= 0.6 is 56.8 Å². The summed E-state index contributed by atoms with van der Waals surface area (Å²) in [6.45, 7) is 0. The molecule has 0 bridgehead atoms. The molecule has 0 radical (unpaired) electrons. The van der Waals surface area contributed by atoms with Crippen molar-refractivity contribution in [2.24, 2.45) is 0 Å². The monoisotopic (exact) mass is 527 g/mol. The van der Waals surface area contributed by atoms with Crippen LogP contribution in [0.25, 0.3) is 0 Å². The molecule has 2 aromatic carbocycles. The fourth-order valence-corrected chi connectivity index (χ4v) is 2.64. The normalized spacial score (nSPS) is 10.2. The standard InChI is InChI=1S/C14H8ClI2NO3/c15-10-5-7(1-3-11(10)17)13(19)18-12-4-2-8(16)6-9(12)14(20)21/h1-6H,(H,18,19)(H,20,21). The van der Waals surface area contributed by atoms with Crippen LogP contribution in [-0.2, 0) is 0 Å². The number of benzene rings is 2. The number of carboxylic acids is 1. The number of carbonyl (C=O) groups is 2. The first-order chi connectivity index (χ1) is 9.88. The minimum atomic E-state index is -1.09.